The number of ether oxygens (including phenoxy) is 1. The van der Waals surface area contributed by atoms with Crippen LogP contribution >= 0.6 is 11.6 Å². The van der Waals surface area contributed by atoms with Gasteiger partial charge in [0.15, 0.2) is 5.65 Å². The number of halogens is 1. The highest BCUT2D eigenvalue weighted by atomic mass is 35.5. The molecule has 36 heavy (non-hydrogen) atoms. The normalized spacial score (nSPS) is 14.7. The van der Waals surface area contributed by atoms with Crippen LogP contribution in [0.2, 0.25) is 5.02 Å². The molecule has 4 heterocycles. The maximum absolute atomic E-state index is 6.75. The Hall–Kier alpha value is -3.16. The summed E-state index contributed by atoms with van der Waals surface area (Å²) in [5, 5.41) is 9.29. The summed E-state index contributed by atoms with van der Waals surface area (Å²) in [5.41, 5.74) is 6.23. The summed E-state index contributed by atoms with van der Waals surface area (Å²) in [5.74, 6) is 1.78. The molecule has 3 aromatic heterocycles. The number of benzene rings is 1. The van der Waals surface area contributed by atoms with Gasteiger partial charge in [-0.25, -0.2) is 4.98 Å². The lowest BCUT2D eigenvalue weighted by atomic mass is 10.0. The molecule has 1 fully saturated rings. The van der Waals surface area contributed by atoms with Crippen molar-refractivity contribution >= 4 is 23.1 Å². The lowest BCUT2D eigenvalue weighted by molar-refractivity contribution is 0.209. The second kappa shape index (κ2) is 10.4. The number of methoxy groups -OCH3 is 1. The molecule has 8 heteroatoms. The number of anilines is 1. The fourth-order valence-electron chi connectivity index (χ4n) is 4.97. The SMILES string of the molecule is COc1cc(C)ccc1CCc1ccc(-c2cnc(N3CCN(C(C)C)CC3)c(Cl)c2)c2nncn12. The van der Waals surface area contributed by atoms with Crippen LogP contribution in [-0.4, -0.2) is 63.8 Å². The molecule has 0 bridgehead atoms. The standard InChI is InChI=1S/C28H33ClN6O/c1-19(2)33-11-13-34(14-12-33)28-25(29)16-22(17-30-28)24-10-9-23(35-18-31-32-27(24)35)8-7-21-6-5-20(3)15-26(21)36-4/h5-6,9-10,15-19H,7-8,11-14H2,1-4H3. The third kappa shape index (κ3) is 4.90. The Morgan fingerprint density at radius 2 is 1.83 bits per heavy atom. The topological polar surface area (TPSA) is 58.8 Å². The molecular formula is C28H33ClN6O. The third-order valence-electron chi connectivity index (χ3n) is 7.11. The fourth-order valence-corrected chi connectivity index (χ4v) is 5.26. The molecule has 1 aliphatic heterocycles. The third-order valence-corrected chi connectivity index (χ3v) is 7.39. The predicted octanol–water partition coefficient (Wildman–Crippen LogP) is 5.08. The molecule has 7 nitrogen and oxygen atoms in total. The van der Waals surface area contributed by atoms with Gasteiger partial charge < -0.3 is 9.64 Å². The number of hydrogen-bond donors (Lipinski definition) is 0. The number of aryl methyl sites for hydroxylation is 3. The van der Waals surface area contributed by atoms with Gasteiger partial charge >= 0.3 is 0 Å². The van der Waals surface area contributed by atoms with E-state index < -0.39 is 0 Å². The quantitative estimate of drug-likeness (QED) is 0.350. The van der Waals surface area contributed by atoms with Crippen LogP contribution < -0.4 is 9.64 Å². The van der Waals surface area contributed by atoms with Crippen molar-refractivity contribution in [3.05, 3.63) is 70.8 Å². The molecule has 0 atom stereocenters. The van der Waals surface area contributed by atoms with Crippen molar-refractivity contribution in [1.29, 1.82) is 0 Å². The molecular weight excluding hydrogens is 472 g/mol. The second-order valence-corrected chi connectivity index (χ2v) is 10.1. The predicted molar refractivity (Wildman–Crippen MR) is 145 cm³/mol. The first-order valence-corrected chi connectivity index (χ1v) is 12.9. The summed E-state index contributed by atoms with van der Waals surface area (Å²) in [6.07, 6.45) is 5.38. The second-order valence-electron chi connectivity index (χ2n) is 9.72. The van der Waals surface area contributed by atoms with E-state index in [2.05, 4.69) is 75.5 Å². The zero-order valence-corrected chi connectivity index (χ0v) is 22.2. The summed E-state index contributed by atoms with van der Waals surface area (Å²) < 4.78 is 7.65. The maximum atomic E-state index is 6.75. The Kier molecular flexibility index (Phi) is 7.12. The van der Waals surface area contributed by atoms with Crippen LogP contribution in [0.5, 0.6) is 5.75 Å². The first kappa shape index (κ1) is 24.5. The molecule has 0 N–H and O–H groups in total. The number of hydrogen-bond acceptors (Lipinski definition) is 6. The molecule has 0 unspecified atom stereocenters. The molecule has 0 spiro atoms. The molecule has 0 aliphatic carbocycles. The van der Waals surface area contributed by atoms with Gasteiger partial charge in [-0.3, -0.25) is 9.30 Å². The van der Waals surface area contributed by atoms with Gasteiger partial charge in [0, 0.05) is 55.2 Å². The van der Waals surface area contributed by atoms with Crippen molar-refractivity contribution in [1.82, 2.24) is 24.5 Å². The van der Waals surface area contributed by atoms with Crippen molar-refractivity contribution in [2.75, 3.05) is 38.2 Å². The maximum Gasteiger partial charge on any atom is 0.168 e. The molecule has 1 aliphatic rings. The van der Waals surface area contributed by atoms with Crippen LogP contribution in [0.3, 0.4) is 0 Å². The largest absolute Gasteiger partial charge is 0.496 e. The fraction of sp³-hybridized carbons (Fsp3) is 0.393. The minimum atomic E-state index is 0.561. The van der Waals surface area contributed by atoms with Gasteiger partial charge in [-0.15, -0.1) is 10.2 Å². The van der Waals surface area contributed by atoms with Crippen molar-refractivity contribution in [3.8, 4) is 16.9 Å². The highest BCUT2D eigenvalue weighted by Crippen LogP contribution is 2.32. The van der Waals surface area contributed by atoms with Gasteiger partial charge in [0.1, 0.15) is 17.9 Å². The molecule has 1 aromatic carbocycles. The minimum Gasteiger partial charge on any atom is -0.496 e. The van der Waals surface area contributed by atoms with E-state index in [4.69, 9.17) is 21.3 Å². The van der Waals surface area contributed by atoms with E-state index in [-0.39, 0.29) is 0 Å². The Morgan fingerprint density at radius 3 is 2.56 bits per heavy atom. The summed E-state index contributed by atoms with van der Waals surface area (Å²) in [7, 11) is 1.72. The van der Waals surface area contributed by atoms with Gasteiger partial charge in [-0.2, -0.15) is 0 Å². The number of nitrogens with zero attached hydrogens (tertiary/aromatic N) is 6. The van der Waals surface area contributed by atoms with E-state index in [1.165, 1.54) is 11.1 Å². The molecule has 188 valence electrons. The van der Waals surface area contributed by atoms with E-state index in [1.807, 2.05) is 12.3 Å². The summed E-state index contributed by atoms with van der Waals surface area (Å²) in [6, 6.07) is 13.1. The molecule has 0 amide bonds. The summed E-state index contributed by atoms with van der Waals surface area (Å²) >= 11 is 6.75. The Balaban J connectivity index is 1.37. The highest BCUT2D eigenvalue weighted by molar-refractivity contribution is 6.33. The zero-order chi connectivity index (χ0) is 25.2. The Labute approximate surface area is 217 Å². The van der Waals surface area contributed by atoms with Gasteiger partial charge in [0.2, 0.25) is 0 Å². The molecule has 4 aromatic rings. The lowest BCUT2D eigenvalue weighted by Crippen LogP contribution is -2.49. The van der Waals surface area contributed by atoms with Crippen LogP contribution in [0, 0.1) is 6.92 Å². The average molecular weight is 505 g/mol. The van der Waals surface area contributed by atoms with Gasteiger partial charge in [0.25, 0.3) is 0 Å². The van der Waals surface area contributed by atoms with Crippen molar-refractivity contribution in [2.45, 2.75) is 39.7 Å². The number of pyridine rings is 2. The van der Waals surface area contributed by atoms with Crippen LogP contribution in [0.15, 0.2) is 48.9 Å². The summed E-state index contributed by atoms with van der Waals surface area (Å²) in [6.45, 7) is 10.5. The van der Waals surface area contributed by atoms with Crippen LogP contribution in [0.1, 0.15) is 30.7 Å². The molecule has 0 saturated carbocycles. The lowest BCUT2D eigenvalue weighted by Gasteiger charge is -2.37. The van der Waals surface area contributed by atoms with Crippen LogP contribution in [-0.2, 0) is 12.8 Å². The Morgan fingerprint density at radius 1 is 1.03 bits per heavy atom. The number of aromatic nitrogens is 4. The molecule has 0 radical (unpaired) electrons. The van der Waals surface area contributed by atoms with E-state index in [0.717, 1.165) is 73.1 Å². The van der Waals surface area contributed by atoms with Gasteiger partial charge in [0.05, 0.1) is 12.1 Å². The van der Waals surface area contributed by atoms with E-state index >= 15 is 0 Å². The number of fused-ring (bicyclic) bond motifs is 1. The van der Waals surface area contributed by atoms with Gasteiger partial charge in [-0.1, -0.05) is 23.7 Å². The molecule has 5 rings (SSSR count). The number of piperazine rings is 1. The monoisotopic (exact) mass is 504 g/mol. The van der Waals surface area contributed by atoms with Crippen molar-refractivity contribution in [2.24, 2.45) is 0 Å². The number of rotatable bonds is 7. The first-order valence-electron chi connectivity index (χ1n) is 12.5. The van der Waals surface area contributed by atoms with E-state index in [9.17, 15) is 0 Å². The van der Waals surface area contributed by atoms with Gasteiger partial charge in [-0.05, 0) is 69.0 Å². The van der Waals surface area contributed by atoms with Crippen molar-refractivity contribution in [3.63, 3.8) is 0 Å². The first-order chi connectivity index (χ1) is 17.4. The van der Waals surface area contributed by atoms with Crippen LogP contribution in [0.25, 0.3) is 16.8 Å². The Bertz CT molecular complexity index is 1360. The van der Waals surface area contributed by atoms with Crippen LogP contribution in [0.4, 0.5) is 5.82 Å². The van der Waals surface area contributed by atoms with E-state index in [1.54, 1.807) is 13.4 Å². The average Bonchev–Trinajstić information content (AvgIpc) is 3.38. The molecule has 1 saturated heterocycles. The van der Waals surface area contributed by atoms with E-state index in [0.29, 0.717) is 11.1 Å². The minimum absolute atomic E-state index is 0.561. The summed E-state index contributed by atoms with van der Waals surface area (Å²) in [4.78, 5) is 9.53. The highest BCUT2D eigenvalue weighted by Gasteiger charge is 2.22. The smallest absolute Gasteiger partial charge is 0.168 e. The van der Waals surface area contributed by atoms with Crippen molar-refractivity contribution < 1.29 is 4.74 Å². The zero-order valence-electron chi connectivity index (χ0n) is 21.4.